The minimum atomic E-state index is -3.50. The first-order valence-corrected chi connectivity index (χ1v) is 8.56. The summed E-state index contributed by atoms with van der Waals surface area (Å²) < 4.78 is 28.9. The van der Waals surface area contributed by atoms with Gasteiger partial charge in [-0.2, -0.15) is 5.10 Å². The van der Waals surface area contributed by atoms with Gasteiger partial charge in [0.2, 0.25) is 10.0 Å². The third-order valence-corrected chi connectivity index (χ3v) is 4.63. The number of sulfonamides is 1. The molecule has 1 rings (SSSR count). The highest BCUT2D eigenvalue weighted by Crippen LogP contribution is 2.16. The Hall–Kier alpha value is -0.920. The summed E-state index contributed by atoms with van der Waals surface area (Å²) in [5, 5.41) is 7.26. The summed E-state index contributed by atoms with van der Waals surface area (Å²) in [5.74, 6) is 0. The summed E-state index contributed by atoms with van der Waals surface area (Å²) in [6.07, 6.45) is 4.69. The van der Waals surface area contributed by atoms with E-state index in [1.165, 1.54) is 6.20 Å². The van der Waals surface area contributed by atoms with Crippen LogP contribution in [0.1, 0.15) is 40.5 Å². The van der Waals surface area contributed by atoms with E-state index in [1.807, 2.05) is 27.7 Å². The SMILES string of the molecule is CCCC(C)(C)NS(=O)(=O)c1cnn(CCNCC)c1. The number of rotatable bonds is 9. The van der Waals surface area contributed by atoms with Crippen LogP contribution in [0.15, 0.2) is 17.3 Å². The molecule has 0 aliphatic carbocycles. The Morgan fingerprint density at radius 3 is 2.65 bits per heavy atom. The van der Waals surface area contributed by atoms with Crippen LogP contribution in [0.4, 0.5) is 0 Å². The van der Waals surface area contributed by atoms with E-state index in [9.17, 15) is 8.42 Å². The molecular weight excluding hydrogens is 276 g/mol. The monoisotopic (exact) mass is 302 g/mol. The molecule has 0 saturated carbocycles. The Kier molecular flexibility index (Phi) is 6.16. The van der Waals surface area contributed by atoms with E-state index < -0.39 is 15.6 Å². The molecule has 0 fully saturated rings. The molecular formula is C13H26N4O2S. The fourth-order valence-corrected chi connectivity index (χ4v) is 3.47. The molecule has 116 valence electrons. The Morgan fingerprint density at radius 1 is 1.35 bits per heavy atom. The lowest BCUT2D eigenvalue weighted by atomic mass is 10.0. The minimum absolute atomic E-state index is 0.221. The van der Waals surface area contributed by atoms with Gasteiger partial charge in [-0.3, -0.25) is 4.68 Å². The number of hydrogen-bond donors (Lipinski definition) is 2. The molecule has 1 aromatic rings. The first-order valence-electron chi connectivity index (χ1n) is 7.08. The zero-order chi connectivity index (χ0) is 15.2. The van der Waals surface area contributed by atoms with Gasteiger partial charge in [0.15, 0.2) is 0 Å². The maximum atomic E-state index is 12.3. The highest BCUT2D eigenvalue weighted by molar-refractivity contribution is 7.89. The molecule has 0 atom stereocenters. The molecule has 0 bridgehead atoms. The summed E-state index contributed by atoms with van der Waals surface area (Å²) >= 11 is 0. The van der Waals surface area contributed by atoms with E-state index in [0.29, 0.717) is 6.54 Å². The predicted octanol–water partition coefficient (Wildman–Crippen LogP) is 1.35. The fraction of sp³-hybridized carbons (Fsp3) is 0.769. The molecule has 0 aromatic carbocycles. The fourth-order valence-electron chi connectivity index (χ4n) is 2.07. The summed E-state index contributed by atoms with van der Waals surface area (Å²) in [4.78, 5) is 0.221. The van der Waals surface area contributed by atoms with Crippen LogP contribution in [0.3, 0.4) is 0 Å². The lowest BCUT2D eigenvalue weighted by Crippen LogP contribution is -2.43. The third-order valence-electron chi connectivity index (χ3n) is 2.97. The number of nitrogens with zero attached hydrogens (tertiary/aromatic N) is 2. The van der Waals surface area contributed by atoms with Gasteiger partial charge in [0.1, 0.15) is 4.90 Å². The lowest BCUT2D eigenvalue weighted by molar-refractivity contribution is 0.417. The van der Waals surface area contributed by atoms with E-state index in [4.69, 9.17) is 0 Å². The summed E-state index contributed by atoms with van der Waals surface area (Å²) in [5.41, 5.74) is -0.445. The van der Waals surface area contributed by atoms with Crippen molar-refractivity contribution in [1.82, 2.24) is 19.8 Å². The molecule has 7 heteroatoms. The van der Waals surface area contributed by atoms with Crippen molar-refractivity contribution in [1.29, 1.82) is 0 Å². The van der Waals surface area contributed by atoms with Gasteiger partial charge in [0.25, 0.3) is 0 Å². The molecule has 0 amide bonds. The molecule has 1 aromatic heterocycles. The predicted molar refractivity (Wildman–Crippen MR) is 80.1 cm³/mol. The molecule has 6 nitrogen and oxygen atoms in total. The van der Waals surface area contributed by atoms with Crippen LogP contribution in [0.5, 0.6) is 0 Å². The van der Waals surface area contributed by atoms with Crippen molar-refractivity contribution in [3.05, 3.63) is 12.4 Å². The molecule has 20 heavy (non-hydrogen) atoms. The van der Waals surface area contributed by atoms with Crippen LogP contribution in [-0.2, 0) is 16.6 Å². The van der Waals surface area contributed by atoms with Crippen LogP contribution in [0.2, 0.25) is 0 Å². The third kappa shape index (κ3) is 5.22. The van der Waals surface area contributed by atoms with E-state index >= 15 is 0 Å². The van der Waals surface area contributed by atoms with Crippen LogP contribution in [0.25, 0.3) is 0 Å². The van der Waals surface area contributed by atoms with Crippen molar-refractivity contribution in [3.8, 4) is 0 Å². The lowest BCUT2D eigenvalue weighted by Gasteiger charge is -2.24. The zero-order valence-electron chi connectivity index (χ0n) is 12.8. The largest absolute Gasteiger partial charge is 0.315 e. The Bertz CT molecular complexity index is 508. The molecule has 0 radical (unpaired) electrons. The molecule has 1 heterocycles. The van der Waals surface area contributed by atoms with Gasteiger partial charge >= 0.3 is 0 Å². The van der Waals surface area contributed by atoms with E-state index in [-0.39, 0.29) is 4.90 Å². The van der Waals surface area contributed by atoms with Crippen molar-refractivity contribution in [2.45, 2.75) is 57.5 Å². The number of likely N-dealkylation sites (N-methyl/N-ethyl adjacent to an activating group) is 1. The Balaban J connectivity index is 2.73. The summed E-state index contributed by atoms with van der Waals surface area (Å²) in [6.45, 7) is 10.2. The van der Waals surface area contributed by atoms with Crippen LogP contribution in [0, 0.1) is 0 Å². The Labute approximate surface area is 122 Å². The van der Waals surface area contributed by atoms with Gasteiger partial charge in [-0.05, 0) is 26.8 Å². The van der Waals surface area contributed by atoms with Crippen molar-refractivity contribution in [2.75, 3.05) is 13.1 Å². The minimum Gasteiger partial charge on any atom is -0.315 e. The quantitative estimate of drug-likeness (QED) is 0.675. The van der Waals surface area contributed by atoms with Gasteiger partial charge < -0.3 is 5.32 Å². The topological polar surface area (TPSA) is 76.0 Å². The normalized spacial score (nSPS) is 12.8. The number of nitrogens with one attached hydrogen (secondary N) is 2. The molecule has 0 spiro atoms. The van der Waals surface area contributed by atoms with Gasteiger partial charge in [0.05, 0.1) is 12.7 Å². The van der Waals surface area contributed by atoms with Crippen molar-refractivity contribution < 1.29 is 8.42 Å². The summed E-state index contributed by atoms with van der Waals surface area (Å²) in [7, 11) is -3.50. The molecule has 0 aliphatic heterocycles. The average Bonchev–Trinajstić information content (AvgIpc) is 2.77. The van der Waals surface area contributed by atoms with Gasteiger partial charge in [0, 0.05) is 18.3 Å². The highest BCUT2D eigenvalue weighted by atomic mass is 32.2. The smallest absolute Gasteiger partial charge is 0.244 e. The number of aromatic nitrogens is 2. The molecule has 0 aliphatic rings. The second-order valence-corrected chi connectivity index (χ2v) is 7.21. The summed E-state index contributed by atoms with van der Waals surface area (Å²) in [6, 6.07) is 0. The van der Waals surface area contributed by atoms with E-state index in [1.54, 1.807) is 10.9 Å². The second kappa shape index (κ2) is 7.19. The highest BCUT2D eigenvalue weighted by Gasteiger charge is 2.26. The first kappa shape index (κ1) is 17.1. The van der Waals surface area contributed by atoms with Gasteiger partial charge in [-0.15, -0.1) is 0 Å². The Morgan fingerprint density at radius 2 is 2.05 bits per heavy atom. The molecule has 0 unspecified atom stereocenters. The second-order valence-electron chi connectivity index (χ2n) is 5.53. The molecule has 2 N–H and O–H groups in total. The maximum Gasteiger partial charge on any atom is 0.244 e. The van der Waals surface area contributed by atoms with E-state index in [2.05, 4.69) is 15.1 Å². The first-order chi connectivity index (χ1) is 9.30. The molecule has 0 saturated heterocycles. The van der Waals surface area contributed by atoms with Crippen molar-refractivity contribution in [2.24, 2.45) is 0 Å². The van der Waals surface area contributed by atoms with Gasteiger partial charge in [-0.25, -0.2) is 13.1 Å². The van der Waals surface area contributed by atoms with Crippen LogP contribution < -0.4 is 10.0 Å². The van der Waals surface area contributed by atoms with Gasteiger partial charge in [-0.1, -0.05) is 20.3 Å². The number of hydrogen-bond acceptors (Lipinski definition) is 4. The standard InChI is InChI=1S/C13H26N4O2S/c1-5-7-13(3,4)16-20(18,19)12-10-15-17(11-12)9-8-14-6-2/h10-11,14,16H,5-9H2,1-4H3. The van der Waals surface area contributed by atoms with E-state index in [0.717, 1.165) is 25.9 Å². The van der Waals surface area contributed by atoms with Crippen LogP contribution in [-0.4, -0.2) is 36.8 Å². The van der Waals surface area contributed by atoms with Crippen molar-refractivity contribution in [3.63, 3.8) is 0 Å². The maximum absolute atomic E-state index is 12.3. The van der Waals surface area contributed by atoms with Crippen molar-refractivity contribution >= 4 is 10.0 Å². The zero-order valence-corrected chi connectivity index (χ0v) is 13.6. The average molecular weight is 302 g/mol. The van der Waals surface area contributed by atoms with Crippen LogP contribution >= 0.6 is 0 Å².